The first-order valence-electron chi connectivity index (χ1n) is 6.70. The molecule has 19 heavy (non-hydrogen) atoms. The van der Waals surface area contributed by atoms with Gasteiger partial charge in [0.1, 0.15) is 0 Å². The van der Waals surface area contributed by atoms with E-state index in [4.69, 9.17) is 4.74 Å². The number of nitrogens with one attached hydrogen (secondary N) is 1. The van der Waals surface area contributed by atoms with Crippen molar-refractivity contribution >= 4 is 11.9 Å². The zero-order chi connectivity index (χ0) is 13.7. The van der Waals surface area contributed by atoms with Crippen LogP contribution < -0.4 is 5.32 Å². The molecule has 0 spiro atoms. The molecule has 1 aliphatic rings. The van der Waals surface area contributed by atoms with Crippen molar-refractivity contribution in [2.75, 3.05) is 6.54 Å². The fourth-order valence-electron chi connectivity index (χ4n) is 2.24. The van der Waals surface area contributed by atoms with Gasteiger partial charge in [0.15, 0.2) is 0 Å². The number of amides is 1. The Morgan fingerprint density at radius 1 is 1.42 bits per heavy atom. The summed E-state index contributed by atoms with van der Waals surface area (Å²) in [5, 5.41) is 2.81. The van der Waals surface area contributed by atoms with Gasteiger partial charge in [0.05, 0.1) is 11.7 Å². The third-order valence-electron chi connectivity index (χ3n) is 3.40. The Hall–Kier alpha value is -1.84. The molecular formula is C15H19NO3. The average molecular weight is 261 g/mol. The molecule has 1 aliphatic heterocycles. The highest BCUT2D eigenvalue weighted by Gasteiger charge is 2.24. The highest BCUT2D eigenvalue weighted by Crippen LogP contribution is 2.18. The lowest BCUT2D eigenvalue weighted by Gasteiger charge is -2.14. The summed E-state index contributed by atoms with van der Waals surface area (Å²) in [6, 6.07) is 8.95. The number of carbonyl (C=O) groups excluding carboxylic acids is 2. The highest BCUT2D eigenvalue weighted by atomic mass is 16.5. The Balaban J connectivity index is 1.76. The number of carbonyl (C=O) groups is 2. The fraction of sp³-hybridized carbons (Fsp3) is 0.467. The predicted octanol–water partition coefficient (Wildman–Crippen LogP) is 2.15. The van der Waals surface area contributed by atoms with Crippen LogP contribution in [-0.4, -0.2) is 24.5 Å². The van der Waals surface area contributed by atoms with Gasteiger partial charge in [-0.25, -0.2) is 4.79 Å². The Morgan fingerprint density at radius 3 is 2.79 bits per heavy atom. The number of hydrogen-bond donors (Lipinski definition) is 1. The average Bonchev–Trinajstić information content (AvgIpc) is 2.83. The van der Waals surface area contributed by atoms with Crippen molar-refractivity contribution in [3.63, 3.8) is 0 Å². The van der Waals surface area contributed by atoms with Gasteiger partial charge in [-0.3, -0.25) is 4.79 Å². The molecule has 102 valence electrons. The zero-order valence-electron chi connectivity index (χ0n) is 11.1. The lowest BCUT2D eigenvalue weighted by molar-refractivity contribution is -0.122. The molecule has 1 aromatic carbocycles. The van der Waals surface area contributed by atoms with Crippen LogP contribution in [0.15, 0.2) is 30.3 Å². The monoisotopic (exact) mass is 261 g/mol. The number of ether oxygens (including phenoxy) is 1. The molecule has 1 saturated heterocycles. The summed E-state index contributed by atoms with van der Waals surface area (Å²) in [7, 11) is 0. The molecule has 0 saturated carbocycles. The summed E-state index contributed by atoms with van der Waals surface area (Å²) in [5.41, 5.74) is 0.563. The molecule has 0 bridgehead atoms. The highest BCUT2D eigenvalue weighted by molar-refractivity contribution is 5.89. The van der Waals surface area contributed by atoms with Gasteiger partial charge in [0.25, 0.3) is 0 Å². The smallest absolute Gasteiger partial charge is 0.338 e. The predicted molar refractivity (Wildman–Crippen MR) is 71.7 cm³/mol. The minimum atomic E-state index is -0.302. The molecule has 4 nitrogen and oxygen atoms in total. The van der Waals surface area contributed by atoms with Gasteiger partial charge >= 0.3 is 5.97 Å². The summed E-state index contributed by atoms with van der Waals surface area (Å²) < 4.78 is 5.36. The molecule has 1 unspecified atom stereocenters. The van der Waals surface area contributed by atoms with Crippen molar-refractivity contribution in [2.45, 2.75) is 32.3 Å². The van der Waals surface area contributed by atoms with E-state index in [1.165, 1.54) is 0 Å². The maximum atomic E-state index is 11.8. The lowest BCUT2D eigenvalue weighted by atomic mass is 10.00. The largest absolute Gasteiger partial charge is 0.459 e. The first kappa shape index (κ1) is 13.6. The molecule has 1 heterocycles. The normalized spacial score (nSPS) is 19.8. The lowest BCUT2D eigenvalue weighted by Crippen LogP contribution is -2.21. The molecule has 1 aromatic rings. The third kappa shape index (κ3) is 3.81. The molecule has 0 aromatic heterocycles. The second-order valence-corrected chi connectivity index (χ2v) is 4.94. The number of hydrogen-bond acceptors (Lipinski definition) is 3. The first-order chi connectivity index (χ1) is 9.16. The quantitative estimate of drug-likeness (QED) is 0.826. The van der Waals surface area contributed by atoms with Crippen LogP contribution in [0.3, 0.4) is 0 Å². The van der Waals surface area contributed by atoms with Gasteiger partial charge in [-0.15, -0.1) is 0 Å². The van der Waals surface area contributed by atoms with Crippen molar-refractivity contribution in [1.29, 1.82) is 0 Å². The molecule has 2 rings (SSSR count). The first-order valence-corrected chi connectivity index (χ1v) is 6.70. The Morgan fingerprint density at radius 2 is 2.16 bits per heavy atom. The molecule has 1 N–H and O–H groups in total. The molecule has 4 heteroatoms. The molecule has 0 aliphatic carbocycles. The van der Waals surface area contributed by atoms with Crippen LogP contribution in [0.4, 0.5) is 0 Å². The molecular weight excluding hydrogens is 242 g/mol. The summed E-state index contributed by atoms with van der Waals surface area (Å²) in [6.45, 7) is 2.63. The van der Waals surface area contributed by atoms with Crippen LogP contribution in [0.5, 0.6) is 0 Å². The van der Waals surface area contributed by atoms with Gasteiger partial charge in [-0.2, -0.15) is 0 Å². The topological polar surface area (TPSA) is 55.4 Å². The Kier molecular flexibility index (Phi) is 4.55. The van der Waals surface area contributed by atoms with E-state index >= 15 is 0 Å². The summed E-state index contributed by atoms with van der Waals surface area (Å²) in [6.07, 6.45) is 2.21. The van der Waals surface area contributed by atoms with Crippen LogP contribution in [0, 0.1) is 5.92 Å². The molecule has 0 radical (unpaired) electrons. The van der Waals surface area contributed by atoms with E-state index in [1.807, 2.05) is 25.1 Å². The van der Waals surface area contributed by atoms with E-state index in [0.29, 0.717) is 5.56 Å². The van der Waals surface area contributed by atoms with E-state index in [1.54, 1.807) is 12.1 Å². The fourth-order valence-corrected chi connectivity index (χ4v) is 2.24. The van der Waals surface area contributed by atoms with Crippen LogP contribution in [0.1, 0.15) is 36.5 Å². The van der Waals surface area contributed by atoms with Crippen molar-refractivity contribution in [3.05, 3.63) is 35.9 Å². The molecule has 2 atom stereocenters. The van der Waals surface area contributed by atoms with Gasteiger partial charge < -0.3 is 10.1 Å². The van der Waals surface area contributed by atoms with Crippen molar-refractivity contribution < 1.29 is 14.3 Å². The molecule has 1 fully saturated rings. The maximum Gasteiger partial charge on any atom is 0.338 e. The van der Waals surface area contributed by atoms with Crippen LogP contribution >= 0.6 is 0 Å². The van der Waals surface area contributed by atoms with Gasteiger partial charge in [-0.1, -0.05) is 18.2 Å². The Labute approximate surface area is 113 Å². The van der Waals surface area contributed by atoms with Gasteiger partial charge in [-0.05, 0) is 38.3 Å². The van der Waals surface area contributed by atoms with E-state index in [2.05, 4.69) is 5.32 Å². The minimum absolute atomic E-state index is 0.0814. The number of benzene rings is 1. The van der Waals surface area contributed by atoms with Gasteiger partial charge in [0.2, 0.25) is 5.91 Å². The second-order valence-electron chi connectivity index (χ2n) is 4.94. The van der Waals surface area contributed by atoms with Crippen molar-refractivity contribution in [3.8, 4) is 0 Å². The van der Waals surface area contributed by atoms with Gasteiger partial charge in [0, 0.05) is 12.5 Å². The van der Waals surface area contributed by atoms with Crippen LogP contribution in [0.25, 0.3) is 0 Å². The maximum absolute atomic E-state index is 11.8. The summed E-state index contributed by atoms with van der Waals surface area (Å²) in [4.78, 5) is 23.2. The van der Waals surface area contributed by atoms with E-state index in [0.717, 1.165) is 25.8 Å². The summed E-state index contributed by atoms with van der Waals surface area (Å²) >= 11 is 0. The molecule has 1 amide bonds. The number of rotatable bonds is 5. The van der Waals surface area contributed by atoms with Crippen LogP contribution in [0.2, 0.25) is 0 Å². The van der Waals surface area contributed by atoms with Crippen LogP contribution in [-0.2, 0) is 9.53 Å². The Bertz CT molecular complexity index is 444. The van der Waals surface area contributed by atoms with Crippen molar-refractivity contribution in [2.24, 2.45) is 5.92 Å². The second kappa shape index (κ2) is 6.36. The minimum Gasteiger partial charge on any atom is -0.459 e. The van der Waals surface area contributed by atoms with E-state index < -0.39 is 0 Å². The van der Waals surface area contributed by atoms with E-state index in [-0.39, 0.29) is 23.9 Å². The SMILES string of the molecule is CC(CC[C@H]1CCNC1=O)OC(=O)c1ccccc1. The van der Waals surface area contributed by atoms with Crippen molar-refractivity contribution in [1.82, 2.24) is 5.32 Å². The van der Waals surface area contributed by atoms with E-state index in [9.17, 15) is 9.59 Å². The zero-order valence-corrected chi connectivity index (χ0v) is 11.1. The summed E-state index contributed by atoms with van der Waals surface area (Å²) in [5.74, 6) is -0.0940. The standard InChI is InChI=1S/C15H19NO3/c1-11(7-8-12-9-10-16-14(12)17)19-15(18)13-5-3-2-4-6-13/h2-6,11-12H,7-10H2,1H3,(H,16,17)/t11?,12-/m0/s1. The third-order valence-corrected chi connectivity index (χ3v) is 3.40. The number of esters is 1.